The average Bonchev–Trinajstić information content (AvgIpc) is 2.73. The summed E-state index contributed by atoms with van der Waals surface area (Å²) in [6, 6.07) is 0. The summed E-state index contributed by atoms with van der Waals surface area (Å²) in [6.45, 7) is 2.87. The largest absolute Gasteiger partial charge is 0.316 e. The van der Waals surface area contributed by atoms with Crippen LogP contribution in [0.5, 0.6) is 0 Å². The van der Waals surface area contributed by atoms with Gasteiger partial charge in [-0.05, 0) is 38.5 Å². The zero-order chi connectivity index (χ0) is 14.9. The van der Waals surface area contributed by atoms with Crippen molar-refractivity contribution < 1.29 is 9.59 Å². The summed E-state index contributed by atoms with van der Waals surface area (Å²) < 4.78 is 0. The lowest BCUT2D eigenvalue weighted by Crippen LogP contribution is -2.36. The molecule has 0 atom stereocenters. The van der Waals surface area contributed by atoms with Gasteiger partial charge in [0.25, 0.3) is 0 Å². The first-order chi connectivity index (χ1) is 10.2. The molecule has 0 unspecified atom stereocenters. The van der Waals surface area contributed by atoms with Gasteiger partial charge in [-0.25, -0.2) is 0 Å². The molecule has 0 aromatic rings. The number of carbonyl (C=O) groups excluding carboxylic acids is 2. The first-order valence-corrected chi connectivity index (χ1v) is 8.73. The van der Waals surface area contributed by atoms with Crippen molar-refractivity contribution in [1.29, 1.82) is 0 Å². The highest BCUT2D eigenvalue weighted by Gasteiger charge is 2.47. The molecule has 0 N–H and O–H groups in total. The molecule has 0 radical (unpaired) electrons. The Morgan fingerprint density at radius 2 is 1.90 bits per heavy atom. The van der Waals surface area contributed by atoms with Gasteiger partial charge < -0.3 is 4.90 Å². The predicted molar refractivity (Wildman–Crippen MR) is 82.6 cm³/mol. The Morgan fingerprint density at radius 1 is 1.19 bits per heavy atom. The van der Waals surface area contributed by atoms with Crippen LogP contribution in [-0.4, -0.2) is 23.1 Å². The van der Waals surface area contributed by atoms with Gasteiger partial charge in [0.2, 0.25) is 5.91 Å². The Hall–Kier alpha value is -1.12. The van der Waals surface area contributed by atoms with Crippen molar-refractivity contribution in [3.05, 3.63) is 11.8 Å². The molecule has 21 heavy (non-hydrogen) atoms. The number of allylic oxidation sites excluding steroid dienone is 2. The number of hydrogen-bond acceptors (Lipinski definition) is 2. The minimum atomic E-state index is -0.0912. The molecule has 3 aliphatic rings. The molecule has 1 heterocycles. The number of rotatable bonds is 4. The standard InChI is InChI=1S/C18H27NO2/c1-2-15(13-16(20)14-7-6-8-14)19-12-11-18(17(19)21)9-4-3-5-10-18/h13-14H,2-12H2,1H3/b15-13+. The van der Waals surface area contributed by atoms with Gasteiger partial charge in [0.1, 0.15) is 0 Å². The van der Waals surface area contributed by atoms with E-state index >= 15 is 0 Å². The minimum Gasteiger partial charge on any atom is -0.316 e. The first-order valence-electron chi connectivity index (χ1n) is 8.73. The normalized spacial score (nSPS) is 26.2. The van der Waals surface area contributed by atoms with E-state index in [2.05, 4.69) is 6.92 Å². The first kappa shape index (κ1) is 14.8. The SMILES string of the molecule is CC/C(=C\C(=O)C1CCC1)N1CCC2(CCCCC2)C1=O. The predicted octanol–water partition coefficient (Wildman–Crippen LogP) is 3.83. The summed E-state index contributed by atoms with van der Waals surface area (Å²) in [4.78, 5) is 27.0. The van der Waals surface area contributed by atoms with Crippen molar-refractivity contribution in [1.82, 2.24) is 4.90 Å². The molecule has 3 heteroatoms. The van der Waals surface area contributed by atoms with Crippen LogP contribution < -0.4 is 0 Å². The van der Waals surface area contributed by atoms with Gasteiger partial charge in [-0.2, -0.15) is 0 Å². The van der Waals surface area contributed by atoms with Crippen molar-refractivity contribution in [3.63, 3.8) is 0 Å². The maximum atomic E-state index is 12.9. The topological polar surface area (TPSA) is 37.4 Å². The summed E-state index contributed by atoms with van der Waals surface area (Å²) >= 11 is 0. The van der Waals surface area contributed by atoms with Crippen molar-refractivity contribution in [2.45, 2.75) is 71.1 Å². The quantitative estimate of drug-likeness (QED) is 0.738. The van der Waals surface area contributed by atoms with Crippen molar-refractivity contribution >= 4 is 11.7 Å². The number of amides is 1. The van der Waals surface area contributed by atoms with Gasteiger partial charge in [-0.15, -0.1) is 0 Å². The third-order valence-corrected chi connectivity index (χ3v) is 5.85. The number of hydrogen-bond donors (Lipinski definition) is 0. The maximum absolute atomic E-state index is 12.9. The van der Waals surface area contributed by atoms with E-state index in [0.717, 1.165) is 50.8 Å². The van der Waals surface area contributed by atoms with E-state index in [1.807, 2.05) is 4.90 Å². The van der Waals surface area contributed by atoms with Crippen LogP contribution in [0.3, 0.4) is 0 Å². The summed E-state index contributed by atoms with van der Waals surface area (Å²) in [5.74, 6) is 0.778. The van der Waals surface area contributed by atoms with E-state index in [9.17, 15) is 9.59 Å². The average molecular weight is 289 g/mol. The highest BCUT2D eigenvalue weighted by molar-refractivity contribution is 5.94. The lowest BCUT2D eigenvalue weighted by atomic mass is 9.73. The second-order valence-electron chi connectivity index (χ2n) is 7.07. The van der Waals surface area contributed by atoms with Crippen LogP contribution in [-0.2, 0) is 9.59 Å². The Morgan fingerprint density at radius 3 is 2.48 bits per heavy atom. The summed E-state index contributed by atoms with van der Waals surface area (Å²) in [5.41, 5.74) is 0.866. The molecule has 3 nitrogen and oxygen atoms in total. The highest BCUT2D eigenvalue weighted by Crippen LogP contribution is 2.46. The van der Waals surface area contributed by atoms with E-state index in [-0.39, 0.29) is 17.1 Å². The van der Waals surface area contributed by atoms with Gasteiger partial charge in [0.05, 0.1) is 5.41 Å². The van der Waals surface area contributed by atoms with Crippen molar-refractivity contribution in [3.8, 4) is 0 Å². The fourth-order valence-corrected chi connectivity index (χ4v) is 4.13. The number of nitrogens with zero attached hydrogens (tertiary/aromatic N) is 1. The van der Waals surface area contributed by atoms with Gasteiger partial charge in [0, 0.05) is 24.2 Å². The molecule has 1 aliphatic heterocycles. The molecule has 2 saturated carbocycles. The Bertz CT molecular complexity index is 456. The lowest BCUT2D eigenvalue weighted by Gasteiger charge is -2.32. The molecule has 0 aromatic heterocycles. The zero-order valence-corrected chi connectivity index (χ0v) is 13.2. The van der Waals surface area contributed by atoms with Gasteiger partial charge in [-0.3, -0.25) is 9.59 Å². The molecule has 1 spiro atoms. The van der Waals surface area contributed by atoms with Gasteiger partial charge in [0.15, 0.2) is 5.78 Å². The van der Waals surface area contributed by atoms with Gasteiger partial charge >= 0.3 is 0 Å². The molecule has 2 aliphatic carbocycles. The minimum absolute atomic E-state index is 0.0912. The molecular formula is C18H27NO2. The van der Waals surface area contributed by atoms with Crippen LogP contribution in [0.15, 0.2) is 11.8 Å². The van der Waals surface area contributed by atoms with Crippen LogP contribution >= 0.6 is 0 Å². The zero-order valence-electron chi connectivity index (χ0n) is 13.2. The molecule has 1 saturated heterocycles. The molecule has 0 aromatic carbocycles. The van der Waals surface area contributed by atoms with Crippen LogP contribution in [0.4, 0.5) is 0 Å². The molecular weight excluding hydrogens is 262 g/mol. The van der Waals surface area contributed by atoms with Gasteiger partial charge in [-0.1, -0.05) is 32.6 Å². The second kappa shape index (κ2) is 5.94. The molecule has 3 rings (SSSR count). The van der Waals surface area contributed by atoms with Crippen molar-refractivity contribution in [2.75, 3.05) is 6.54 Å². The second-order valence-corrected chi connectivity index (χ2v) is 7.07. The van der Waals surface area contributed by atoms with E-state index in [1.54, 1.807) is 6.08 Å². The molecule has 1 amide bonds. The molecule has 0 bridgehead atoms. The summed E-state index contributed by atoms with van der Waals surface area (Å²) in [5, 5.41) is 0. The third-order valence-electron chi connectivity index (χ3n) is 5.85. The van der Waals surface area contributed by atoms with Crippen LogP contribution in [0.25, 0.3) is 0 Å². The van der Waals surface area contributed by atoms with Crippen LogP contribution in [0.2, 0.25) is 0 Å². The van der Waals surface area contributed by atoms with E-state index in [0.29, 0.717) is 5.91 Å². The van der Waals surface area contributed by atoms with E-state index in [4.69, 9.17) is 0 Å². The highest BCUT2D eigenvalue weighted by atomic mass is 16.2. The summed E-state index contributed by atoms with van der Waals surface area (Å²) in [7, 11) is 0. The molecule has 3 fully saturated rings. The van der Waals surface area contributed by atoms with Crippen molar-refractivity contribution in [2.24, 2.45) is 11.3 Å². The van der Waals surface area contributed by atoms with Crippen LogP contribution in [0.1, 0.15) is 71.1 Å². The van der Waals surface area contributed by atoms with Crippen LogP contribution in [0, 0.1) is 11.3 Å². The third kappa shape index (κ3) is 2.67. The number of carbonyl (C=O) groups is 2. The smallest absolute Gasteiger partial charge is 0.233 e. The fraction of sp³-hybridized carbons (Fsp3) is 0.778. The maximum Gasteiger partial charge on any atom is 0.233 e. The summed E-state index contributed by atoms with van der Waals surface area (Å²) in [6.07, 6.45) is 12.5. The van der Waals surface area contributed by atoms with E-state index < -0.39 is 0 Å². The monoisotopic (exact) mass is 289 g/mol. The fourth-order valence-electron chi connectivity index (χ4n) is 4.13. The van der Waals surface area contributed by atoms with E-state index in [1.165, 1.54) is 25.7 Å². The Balaban J connectivity index is 1.74. The lowest BCUT2D eigenvalue weighted by molar-refractivity contribution is -0.136. The Kier molecular flexibility index (Phi) is 4.19. The number of likely N-dealkylation sites (tertiary alicyclic amines) is 1. The Labute approximate surface area is 127 Å². The number of ketones is 1. The molecule has 116 valence electrons.